The van der Waals surface area contributed by atoms with E-state index in [4.69, 9.17) is 5.73 Å². The molecule has 1 unspecified atom stereocenters. The Hall–Kier alpha value is -1.67. The minimum Gasteiger partial charge on any atom is -0.347 e. The Morgan fingerprint density at radius 3 is 2.71 bits per heavy atom. The first kappa shape index (κ1) is 18.7. The standard InChI is InChI=1S/C16H20F3N3OS/c1-3-4-5-10(8-20)21-14(23)13-9(2)11-6-7-12(16(17,18)19)22-15(11)24-13/h6-7,10H,3-5,8,20H2,1-2H3,(H,21,23). The van der Waals surface area contributed by atoms with E-state index in [0.29, 0.717) is 22.4 Å². The zero-order valence-corrected chi connectivity index (χ0v) is 14.4. The van der Waals surface area contributed by atoms with Crippen molar-refractivity contribution in [3.05, 3.63) is 28.3 Å². The van der Waals surface area contributed by atoms with Gasteiger partial charge in [0.05, 0.1) is 4.88 Å². The van der Waals surface area contributed by atoms with Gasteiger partial charge in [-0.2, -0.15) is 13.2 Å². The SMILES string of the molecule is CCCCC(CN)NC(=O)c1sc2nc(C(F)(F)F)ccc2c1C. The molecule has 2 rings (SSSR count). The van der Waals surface area contributed by atoms with Crippen molar-refractivity contribution in [2.45, 2.75) is 45.3 Å². The Kier molecular flexibility index (Phi) is 5.82. The Morgan fingerprint density at radius 1 is 1.42 bits per heavy atom. The third-order valence-corrected chi connectivity index (χ3v) is 5.03. The van der Waals surface area contributed by atoms with Crippen LogP contribution in [0.2, 0.25) is 0 Å². The normalized spacial score (nSPS) is 13.2. The maximum Gasteiger partial charge on any atom is 0.433 e. The third-order valence-electron chi connectivity index (χ3n) is 3.83. The highest BCUT2D eigenvalue weighted by molar-refractivity contribution is 7.20. The van der Waals surface area contributed by atoms with Crippen molar-refractivity contribution in [3.8, 4) is 0 Å². The molecule has 0 aromatic carbocycles. The average molecular weight is 359 g/mol. The molecule has 0 spiro atoms. The van der Waals surface area contributed by atoms with Crippen LogP contribution in [0.3, 0.4) is 0 Å². The van der Waals surface area contributed by atoms with Gasteiger partial charge in [-0.1, -0.05) is 19.8 Å². The highest BCUT2D eigenvalue weighted by Gasteiger charge is 2.33. The number of halogens is 3. The summed E-state index contributed by atoms with van der Waals surface area (Å²) in [7, 11) is 0. The topological polar surface area (TPSA) is 68.0 Å². The van der Waals surface area contributed by atoms with Gasteiger partial charge in [-0.05, 0) is 31.0 Å². The summed E-state index contributed by atoms with van der Waals surface area (Å²) in [6.07, 6.45) is -1.78. The molecule has 0 aliphatic heterocycles. The summed E-state index contributed by atoms with van der Waals surface area (Å²) >= 11 is 0.975. The summed E-state index contributed by atoms with van der Waals surface area (Å²) in [5.41, 5.74) is 5.36. The van der Waals surface area contributed by atoms with Crippen LogP contribution in [-0.2, 0) is 6.18 Å². The number of aromatic nitrogens is 1. The lowest BCUT2D eigenvalue weighted by molar-refractivity contribution is -0.140. The number of aryl methyl sites for hydroxylation is 1. The molecule has 132 valence electrons. The van der Waals surface area contributed by atoms with E-state index >= 15 is 0 Å². The average Bonchev–Trinajstić information content (AvgIpc) is 2.87. The van der Waals surface area contributed by atoms with Gasteiger partial charge in [0.1, 0.15) is 10.5 Å². The number of nitrogens with zero attached hydrogens (tertiary/aromatic N) is 1. The number of pyridine rings is 1. The van der Waals surface area contributed by atoms with Crippen LogP contribution in [-0.4, -0.2) is 23.5 Å². The van der Waals surface area contributed by atoms with Gasteiger partial charge in [0, 0.05) is 18.0 Å². The van der Waals surface area contributed by atoms with Crippen molar-refractivity contribution in [3.63, 3.8) is 0 Å². The van der Waals surface area contributed by atoms with Gasteiger partial charge >= 0.3 is 6.18 Å². The van der Waals surface area contributed by atoms with E-state index in [0.717, 1.165) is 36.7 Å². The molecule has 0 saturated heterocycles. The van der Waals surface area contributed by atoms with Crippen LogP contribution in [0.5, 0.6) is 0 Å². The van der Waals surface area contributed by atoms with Crippen LogP contribution in [0.15, 0.2) is 12.1 Å². The number of thiophene rings is 1. The molecule has 2 aromatic rings. The molecule has 2 heterocycles. The van der Waals surface area contributed by atoms with Gasteiger partial charge in [0.25, 0.3) is 5.91 Å². The number of alkyl halides is 3. The number of nitrogens with one attached hydrogen (secondary N) is 1. The van der Waals surface area contributed by atoms with Crippen molar-refractivity contribution >= 4 is 27.5 Å². The molecule has 4 nitrogen and oxygen atoms in total. The number of hydrogen-bond acceptors (Lipinski definition) is 4. The molecule has 0 aliphatic carbocycles. The molecule has 3 N–H and O–H groups in total. The van der Waals surface area contributed by atoms with Crippen LogP contribution in [0.1, 0.15) is 47.1 Å². The number of hydrogen-bond donors (Lipinski definition) is 2. The Morgan fingerprint density at radius 2 is 2.12 bits per heavy atom. The van der Waals surface area contributed by atoms with Crippen LogP contribution in [0.4, 0.5) is 13.2 Å². The van der Waals surface area contributed by atoms with Gasteiger partial charge < -0.3 is 11.1 Å². The van der Waals surface area contributed by atoms with Crippen molar-refractivity contribution in [1.29, 1.82) is 0 Å². The predicted molar refractivity (Wildman–Crippen MR) is 89.2 cm³/mol. The first-order valence-electron chi connectivity index (χ1n) is 7.76. The number of rotatable bonds is 6. The third kappa shape index (κ3) is 4.05. The molecule has 24 heavy (non-hydrogen) atoms. The first-order chi connectivity index (χ1) is 11.3. The smallest absolute Gasteiger partial charge is 0.347 e. The van der Waals surface area contributed by atoms with E-state index in [1.165, 1.54) is 6.07 Å². The maximum absolute atomic E-state index is 12.8. The molecule has 0 saturated carbocycles. The Labute approximate surface area is 142 Å². The fourth-order valence-electron chi connectivity index (χ4n) is 2.42. The largest absolute Gasteiger partial charge is 0.433 e. The molecule has 1 atom stereocenters. The minimum atomic E-state index is -4.50. The summed E-state index contributed by atoms with van der Waals surface area (Å²) in [5, 5.41) is 3.43. The monoisotopic (exact) mass is 359 g/mol. The number of amides is 1. The summed E-state index contributed by atoms with van der Waals surface area (Å²) in [6.45, 7) is 4.09. The quantitative estimate of drug-likeness (QED) is 0.823. The highest BCUT2D eigenvalue weighted by Crippen LogP contribution is 2.34. The summed E-state index contributed by atoms with van der Waals surface area (Å²) < 4.78 is 38.3. The van der Waals surface area contributed by atoms with E-state index < -0.39 is 11.9 Å². The molecule has 0 aliphatic rings. The number of carbonyl (C=O) groups excluding carboxylic acids is 1. The van der Waals surface area contributed by atoms with E-state index in [-0.39, 0.29) is 16.8 Å². The van der Waals surface area contributed by atoms with Gasteiger partial charge in [0.2, 0.25) is 0 Å². The molecule has 0 bridgehead atoms. The number of nitrogens with two attached hydrogens (primary N) is 1. The molecule has 1 amide bonds. The fourth-order valence-corrected chi connectivity index (χ4v) is 3.51. The van der Waals surface area contributed by atoms with Crippen LogP contribution in [0, 0.1) is 6.92 Å². The second-order valence-corrected chi connectivity index (χ2v) is 6.65. The van der Waals surface area contributed by atoms with E-state index in [1.54, 1.807) is 6.92 Å². The predicted octanol–water partition coefficient (Wildman–Crippen LogP) is 3.87. The molecule has 0 fully saturated rings. The first-order valence-corrected chi connectivity index (χ1v) is 8.57. The lowest BCUT2D eigenvalue weighted by Crippen LogP contribution is -2.40. The van der Waals surface area contributed by atoms with E-state index in [1.807, 2.05) is 0 Å². The Bertz CT molecular complexity index is 727. The summed E-state index contributed by atoms with van der Waals surface area (Å²) in [6, 6.07) is 2.17. The van der Waals surface area contributed by atoms with Crippen molar-refractivity contribution in [2.24, 2.45) is 5.73 Å². The molecule has 2 aromatic heterocycles. The van der Waals surface area contributed by atoms with Gasteiger partial charge in [-0.25, -0.2) is 4.98 Å². The minimum absolute atomic E-state index is 0.138. The van der Waals surface area contributed by atoms with E-state index in [9.17, 15) is 18.0 Å². The zero-order chi connectivity index (χ0) is 17.9. The number of carbonyl (C=O) groups is 1. The fraction of sp³-hybridized carbons (Fsp3) is 0.500. The lowest BCUT2D eigenvalue weighted by Gasteiger charge is -2.16. The maximum atomic E-state index is 12.8. The van der Waals surface area contributed by atoms with Crippen LogP contribution >= 0.6 is 11.3 Å². The Balaban J connectivity index is 2.28. The number of unbranched alkanes of at least 4 members (excludes halogenated alkanes) is 1. The van der Waals surface area contributed by atoms with Gasteiger partial charge in [-0.3, -0.25) is 4.79 Å². The van der Waals surface area contributed by atoms with Gasteiger partial charge in [0.15, 0.2) is 0 Å². The second-order valence-electron chi connectivity index (χ2n) is 5.65. The molecular weight excluding hydrogens is 339 g/mol. The van der Waals surface area contributed by atoms with Crippen molar-refractivity contribution in [2.75, 3.05) is 6.54 Å². The second kappa shape index (κ2) is 7.48. The van der Waals surface area contributed by atoms with Gasteiger partial charge in [-0.15, -0.1) is 11.3 Å². The zero-order valence-electron chi connectivity index (χ0n) is 13.5. The van der Waals surface area contributed by atoms with E-state index in [2.05, 4.69) is 17.2 Å². The van der Waals surface area contributed by atoms with Crippen molar-refractivity contribution in [1.82, 2.24) is 10.3 Å². The lowest BCUT2D eigenvalue weighted by atomic mass is 10.1. The molecule has 8 heteroatoms. The number of fused-ring (bicyclic) bond motifs is 1. The molecular formula is C16H20F3N3OS. The highest BCUT2D eigenvalue weighted by atomic mass is 32.1. The summed E-state index contributed by atoms with van der Waals surface area (Å²) in [5.74, 6) is -0.310. The molecule has 0 radical (unpaired) electrons. The van der Waals surface area contributed by atoms with Crippen LogP contribution < -0.4 is 11.1 Å². The summed E-state index contributed by atoms with van der Waals surface area (Å²) in [4.78, 5) is 16.7. The van der Waals surface area contributed by atoms with Crippen molar-refractivity contribution < 1.29 is 18.0 Å². The van der Waals surface area contributed by atoms with Crippen LogP contribution in [0.25, 0.3) is 10.2 Å².